The maximum atomic E-state index is 12.3. The number of nitrogens with two attached hydrogens (primary N) is 1. The summed E-state index contributed by atoms with van der Waals surface area (Å²) in [5.41, 5.74) is 7.85. The second-order valence-electron chi connectivity index (χ2n) is 4.77. The molecular formula is C13H18N4OS. The van der Waals surface area contributed by atoms with Crippen molar-refractivity contribution in [3.8, 4) is 0 Å². The normalized spacial score (nSPS) is 11.0. The molecule has 0 fully saturated rings. The van der Waals surface area contributed by atoms with Gasteiger partial charge in [0.25, 0.3) is 5.91 Å². The summed E-state index contributed by atoms with van der Waals surface area (Å²) < 4.78 is 1.86. The topological polar surface area (TPSA) is 72.9 Å². The number of aromatic nitrogens is 2. The molecule has 2 aromatic heterocycles. The van der Waals surface area contributed by atoms with Crippen LogP contribution in [0.3, 0.4) is 0 Å². The van der Waals surface area contributed by atoms with Gasteiger partial charge in [0.15, 0.2) is 5.13 Å². The summed E-state index contributed by atoms with van der Waals surface area (Å²) in [5, 5.41) is 3.44. The van der Waals surface area contributed by atoms with Gasteiger partial charge in [0.2, 0.25) is 0 Å². The molecule has 0 unspecified atom stereocenters. The van der Waals surface area contributed by atoms with Gasteiger partial charge in [-0.05, 0) is 33.8 Å². The highest BCUT2D eigenvalue weighted by Crippen LogP contribution is 2.23. The Balaban J connectivity index is 2.25. The highest BCUT2D eigenvalue weighted by molar-refractivity contribution is 7.15. The second kappa shape index (κ2) is 5.05. The number of hydrogen-bond acceptors (Lipinski definition) is 4. The van der Waals surface area contributed by atoms with E-state index in [4.69, 9.17) is 5.73 Å². The van der Waals surface area contributed by atoms with Crippen molar-refractivity contribution in [2.45, 2.75) is 33.7 Å². The molecule has 2 heterocycles. The van der Waals surface area contributed by atoms with Crippen LogP contribution in [0, 0.1) is 13.8 Å². The summed E-state index contributed by atoms with van der Waals surface area (Å²) in [6, 6.07) is 1.86. The number of nitrogen functional groups attached to an aromatic ring is 1. The van der Waals surface area contributed by atoms with Gasteiger partial charge >= 0.3 is 0 Å². The van der Waals surface area contributed by atoms with Crippen LogP contribution >= 0.6 is 11.3 Å². The number of nitrogens with zero attached hydrogens (tertiary/aromatic N) is 2. The quantitative estimate of drug-likeness (QED) is 0.906. The van der Waals surface area contributed by atoms with Gasteiger partial charge in [-0.2, -0.15) is 0 Å². The lowest BCUT2D eigenvalue weighted by Crippen LogP contribution is -2.17. The molecule has 19 heavy (non-hydrogen) atoms. The molecule has 0 aromatic carbocycles. The van der Waals surface area contributed by atoms with Crippen LogP contribution in [0.2, 0.25) is 0 Å². The highest BCUT2D eigenvalue weighted by atomic mass is 32.1. The first-order chi connectivity index (χ1) is 8.88. The summed E-state index contributed by atoms with van der Waals surface area (Å²) in [4.78, 5) is 17.7. The van der Waals surface area contributed by atoms with E-state index >= 15 is 0 Å². The lowest BCUT2D eigenvalue weighted by molar-refractivity contribution is 0.101. The lowest BCUT2D eigenvalue weighted by atomic mass is 10.3. The molecule has 6 heteroatoms. The van der Waals surface area contributed by atoms with E-state index in [0.717, 1.165) is 10.6 Å². The zero-order valence-corrected chi connectivity index (χ0v) is 12.3. The monoisotopic (exact) mass is 278 g/mol. The van der Waals surface area contributed by atoms with Gasteiger partial charge in [0, 0.05) is 17.1 Å². The fourth-order valence-corrected chi connectivity index (χ4v) is 2.61. The first-order valence-electron chi connectivity index (χ1n) is 6.11. The Hall–Kier alpha value is -1.82. The average molecular weight is 278 g/mol. The molecule has 5 nitrogen and oxygen atoms in total. The van der Waals surface area contributed by atoms with Crippen LogP contribution in [-0.4, -0.2) is 15.5 Å². The zero-order chi connectivity index (χ0) is 14.2. The largest absolute Gasteiger partial charge is 0.397 e. The van der Waals surface area contributed by atoms with Crippen molar-refractivity contribution in [2.24, 2.45) is 0 Å². The van der Waals surface area contributed by atoms with E-state index in [1.807, 2.05) is 32.3 Å². The number of aryl methyl sites for hydroxylation is 2. The maximum Gasteiger partial charge on any atom is 0.274 e. The molecule has 3 N–H and O–H groups in total. The number of hydrogen-bond donors (Lipinski definition) is 2. The van der Waals surface area contributed by atoms with Crippen LogP contribution < -0.4 is 11.1 Å². The Morgan fingerprint density at radius 3 is 2.68 bits per heavy atom. The molecular weight excluding hydrogens is 260 g/mol. The summed E-state index contributed by atoms with van der Waals surface area (Å²) in [5.74, 6) is -0.181. The van der Waals surface area contributed by atoms with Crippen molar-refractivity contribution in [1.29, 1.82) is 0 Å². The SMILES string of the molecule is Cc1nc(NC(=O)c2cc(N)cn2C(C)C)sc1C. The Kier molecular flexibility index (Phi) is 3.61. The molecule has 0 radical (unpaired) electrons. The molecule has 102 valence electrons. The molecule has 2 aromatic rings. The van der Waals surface area contributed by atoms with Gasteiger partial charge in [-0.25, -0.2) is 4.98 Å². The van der Waals surface area contributed by atoms with E-state index < -0.39 is 0 Å². The number of nitrogens with one attached hydrogen (secondary N) is 1. The zero-order valence-electron chi connectivity index (χ0n) is 11.5. The maximum absolute atomic E-state index is 12.3. The minimum Gasteiger partial charge on any atom is -0.397 e. The molecule has 0 saturated heterocycles. The minimum atomic E-state index is -0.181. The molecule has 0 aliphatic carbocycles. The van der Waals surface area contributed by atoms with Crippen molar-refractivity contribution in [1.82, 2.24) is 9.55 Å². The van der Waals surface area contributed by atoms with Gasteiger partial charge in [0.1, 0.15) is 5.69 Å². The fourth-order valence-electron chi connectivity index (χ4n) is 1.80. The third kappa shape index (κ3) is 2.78. The first kappa shape index (κ1) is 13.6. The Bertz CT molecular complexity index is 593. The second-order valence-corrected chi connectivity index (χ2v) is 5.98. The average Bonchev–Trinajstić information content (AvgIpc) is 2.83. The molecule has 0 aliphatic heterocycles. The Morgan fingerprint density at radius 2 is 2.16 bits per heavy atom. The molecule has 0 saturated carbocycles. The summed E-state index contributed by atoms with van der Waals surface area (Å²) in [6.45, 7) is 7.93. The van der Waals surface area contributed by atoms with E-state index in [2.05, 4.69) is 10.3 Å². The van der Waals surface area contributed by atoms with Crippen LogP contribution in [0.25, 0.3) is 0 Å². The van der Waals surface area contributed by atoms with Crippen molar-refractivity contribution in [3.63, 3.8) is 0 Å². The molecule has 2 rings (SSSR count). The van der Waals surface area contributed by atoms with Gasteiger partial charge in [-0.3, -0.25) is 10.1 Å². The molecule has 0 bridgehead atoms. The van der Waals surface area contributed by atoms with Crippen molar-refractivity contribution in [3.05, 3.63) is 28.5 Å². The number of amides is 1. The minimum absolute atomic E-state index is 0.179. The van der Waals surface area contributed by atoms with Gasteiger partial charge < -0.3 is 10.3 Å². The highest BCUT2D eigenvalue weighted by Gasteiger charge is 2.16. The summed E-state index contributed by atoms with van der Waals surface area (Å²) in [7, 11) is 0. The van der Waals surface area contributed by atoms with Crippen molar-refractivity contribution < 1.29 is 4.79 Å². The number of anilines is 2. The van der Waals surface area contributed by atoms with Crippen LogP contribution in [-0.2, 0) is 0 Å². The van der Waals surface area contributed by atoms with E-state index in [-0.39, 0.29) is 11.9 Å². The molecule has 0 atom stereocenters. The summed E-state index contributed by atoms with van der Waals surface area (Å²) >= 11 is 1.47. The van der Waals surface area contributed by atoms with Gasteiger partial charge in [0.05, 0.1) is 11.4 Å². The van der Waals surface area contributed by atoms with E-state index in [1.54, 1.807) is 12.3 Å². The van der Waals surface area contributed by atoms with Gasteiger partial charge in [-0.15, -0.1) is 11.3 Å². The van der Waals surface area contributed by atoms with Crippen LogP contribution in [0.4, 0.5) is 10.8 Å². The fraction of sp³-hybridized carbons (Fsp3) is 0.385. The lowest BCUT2D eigenvalue weighted by Gasteiger charge is -2.11. The Morgan fingerprint density at radius 1 is 1.47 bits per heavy atom. The number of carbonyl (C=O) groups excluding carboxylic acids is 1. The van der Waals surface area contributed by atoms with E-state index in [9.17, 15) is 4.79 Å². The molecule has 0 spiro atoms. The smallest absolute Gasteiger partial charge is 0.274 e. The third-order valence-corrected chi connectivity index (χ3v) is 3.90. The van der Waals surface area contributed by atoms with Gasteiger partial charge in [-0.1, -0.05) is 0 Å². The standard InChI is InChI=1S/C13H18N4OS/c1-7(2)17-6-10(14)5-11(17)12(18)16-13-15-8(3)9(4)19-13/h5-7H,14H2,1-4H3,(H,15,16,18). The number of rotatable bonds is 3. The molecule has 1 amide bonds. The predicted octanol–water partition coefficient (Wildman–Crippen LogP) is 2.98. The number of carbonyl (C=O) groups is 1. The van der Waals surface area contributed by atoms with E-state index in [1.165, 1.54) is 11.3 Å². The van der Waals surface area contributed by atoms with Crippen LogP contribution in [0.1, 0.15) is 40.9 Å². The summed E-state index contributed by atoms with van der Waals surface area (Å²) in [6.07, 6.45) is 1.78. The van der Waals surface area contributed by atoms with Crippen molar-refractivity contribution >= 4 is 28.1 Å². The van der Waals surface area contributed by atoms with Crippen LogP contribution in [0.5, 0.6) is 0 Å². The first-order valence-corrected chi connectivity index (χ1v) is 6.93. The molecule has 0 aliphatic rings. The predicted molar refractivity (Wildman–Crippen MR) is 78.8 cm³/mol. The van der Waals surface area contributed by atoms with Crippen LogP contribution in [0.15, 0.2) is 12.3 Å². The Labute approximate surface area is 116 Å². The number of thiazole rings is 1. The van der Waals surface area contributed by atoms with E-state index in [0.29, 0.717) is 16.5 Å². The van der Waals surface area contributed by atoms with Crippen molar-refractivity contribution in [2.75, 3.05) is 11.1 Å². The third-order valence-electron chi connectivity index (χ3n) is 2.91.